The number of alkyl halides is 3. The van der Waals surface area contributed by atoms with Crippen LogP contribution < -0.4 is 10.9 Å². The van der Waals surface area contributed by atoms with E-state index in [4.69, 9.17) is 6.42 Å². The van der Waals surface area contributed by atoms with Crippen LogP contribution in [-0.4, -0.2) is 31.3 Å². The second-order valence-corrected chi connectivity index (χ2v) is 7.69. The van der Waals surface area contributed by atoms with Gasteiger partial charge in [0, 0.05) is 29.3 Å². The van der Waals surface area contributed by atoms with Crippen molar-refractivity contribution in [3.8, 4) is 23.7 Å². The molecule has 0 saturated heterocycles. The summed E-state index contributed by atoms with van der Waals surface area (Å²) in [7, 11) is 0. The van der Waals surface area contributed by atoms with E-state index in [2.05, 4.69) is 26.3 Å². The summed E-state index contributed by atoms with van der Waals surface area (Å²) < 4.78 is 40.3. The van der Waals surface area contributed by atoms with E-state index in [0.29, 0.717) is 29.9 Å². The Balaban J connectivity index is 1.58. The molecule has 6 nitrogen and oxygen atoms in total. The van der Waals surface area contributed by atoms with Crippen LogP contribution in [-0.2, 0) is 6.54 Å². The third kappa shape index (κ3) is 4.36. The molecule has 32 heavy (non-hydrogen) atoms. The number of nitrogens with one attached hydrogen (secondary N) is 2. The van der Waals surface area contributed by atoms with Crippen LogP contribution in [0.1, 0.15) is 25.5 Å². The normalized spacial score (nSPS) is 16.2. The molecule has 0 spiro atoms. The maximum atomic E-state index is 13.0. The first-order valence-electron chi connectivity index (χ1n) is 9.93. The van der Waals surface area contributed by atoms with E-state index in [-0.39, 0.29) is 17.9 Å². The Morgan fingerprint density at radius 3 is 2.66 bits per heavy atom. The molecule has 2 N–H and O–H groups in total. The third-order valence-corrected chi connectivity index (χ3v) is 5.40. The lowest BCUT2D eigenvalue weighted by Gasteiger charge is -2.19. The Kier molecular flexibility index (Phi) is 5.48. The number of benzene rings is 1. The molecular weight excluding hydrogens is 419 g/mol. The molecule has 1 saturated carbocycles. The van der Waals surface area contributed by atoms with Crippen LogP contribution in [0, 0.1) is 12.3 Å². The highest BCUT2D eigenvalue weighted by atomic mass is 19.4. The maximum Gasteiger partial charge on any atom is 0.412 e. The van der Waals surface area contributed by atoms with Crippen molar-refractivity contribution < 1.29 is 13.2 Å². The average Bonchev–Trinajstić information content (AvgIpc) is 3.42. The summed E-state index contributed by atoms with van der Waals surface area (Å²) in [5, 5.41) is 6.16. The monoisotopic (exact) mass is 439 g/mol. The molecule has 2 aromatic heterocycles. The molecule has 0 amide bonds. The number of hydrogen-bond donors (Lipinski definition) is 2. The van der Waals surface area contributed by atoms with Gasteiger partial charge < -0.3 is 5.32 Å². The van der Waals surface area contributed by atoms with Crippen LogP contribution in [0.3, 0.4) is 0 Å². The minimum absolute atomic E-state index is 0.181. The van der Waals surface area contributed by atoms with Gasteiger partial charge in [0.05, 0.1) is 5.69 Å². The number of halogens is 3. The minimum Gasteiger partial charge on any atom is -0.302 e. The van der Waals surface area contributed by atoms with E-state index in [1.807, 2.05) is 30.3 Å². The van der Waals surface area contributed by atoms with Gasteiger partial charge in [-0.3, -0.25) is 9.89 Å². The second-order valence-electron chi connectivity index (χ2n) is 7.69. The first-order chi connectivity index (χ1) is 15.2. The summed E-state index contributed by atoms with van der Waals surface area (Å²) in [4.78, 5) is 21.3. The molecule has 1 aliphatic carbocycles. The van der Waals surface area contributed by atoms with Crippen LogP contribution in [0.2, 0.25) is 0 Å². The van der Waals surface area contributed by atoms with Crippen LogP contribution in [0.4, 0.5) is 13.2 Å². The lowest BCUT2D eigenvalue weighted by Crippen LogP contribution is -2.33. The van der Waals surface area contributed by atoms with E-state index in [0.717, 1.165) is 18.6 Å². The molecule has 2 heterocycles. The largest absolute Gasteiger partial charge is 0.412 e. The lowest BCUT2D eigenvalue weighted by atomic mass is 10.0. The van der Waals surface area contributed by atoms with Crippen LogP contribution in [0.25, 0.3) is 17.2 Å². The van der Waals surface area contributed by atoms with Gasteiger partial charge in [0.15, 0.2) is 5.82 Å². The highest BCUT2D eigenvalue weighted by molar-refractivity contribution is 5.56. The van der Waals surface area contributed by atoms with E-state index in [9.17, 15) is 18.0 Å². The Morgan fingerprint density at radius 2 is 2.03 bits per heavy atom. The van der Waals surface area contributed by atoms with Crippen molar-refractivity contribution in [2.24, 2.45) is 0 Å². The van der Waals surface area contributed by atoms with Crippen LogP contribution >= 0.6 is 0 Å². The van der Waals surface area contributed by atoms with Gasteiger partial charge in [-0.2, -0.15) is 22.7 Å². The summed E-state index contributed by atoms with van der Waals surface area (Å²) in [6.07, 6.45) is 4.60. The van der Waals surface area contributed by atoms with Crippen LogP contribution in [0.15, 0.2) is 64.5 Å². The SMILES string of the molecule is C#CC=C(C=C(C)C(F)(F)F)C1(NCc2cc(=O)n3[nH]c(-c4ccccc4)nc3n2)CC1. The summed E-state index contributed by atoms with van der Waals surface area (Å²) in [6, 6.07) is 10.7. The number of rotatable bonds is 6. The molecule has 1 aliphatic rings. The van der Waals surface area contributed by atoms with Crippen molar-refractivity contribution in [3.05, 3.63) is 75.7 Å². The zero-order valence-electron chi connectivity index (χ0n) is 17.2. The number of hydrogen-bond acceptors (Lipinski definition) is 4. The fourth-order valence-electron chi connectivity index (χ4n) is 3.42. The third-order valence-electron chi connectivity index (χ3n) is 5.40. The molecule has 1 fully saturated rings. The van der Waals surface area contributed by atoms with Crippen LogP contribution in [0.5, 0.6) is 0 Å². The molecule has 164 valence electrons. The molecule has 3 aromatic rings. The highest BCUT2D eigenvalue weighted by Gasteiger charge is 2.45. The van der Waals surface area contributed by atoms with Gasteiger partial charge in [0.2, 0.25) is 0 Å². The van der Waals surface area contributed by atoms with Crippen molar-refractivity contribution in [2.75, 3.05) is 0 Å². The Hall–Kier alpha value is -3.64. The predicted molar refractivity (Wildman–Crippen MR) is 115 cm³/mol. The van der Waals surface area contributed by atoms with Crippen molar-refractivity contribution in [1.29, 1.82) is 0 Å². The summed E-state index contributed by atoms with van der Waals surface area (Å²) in [6.45, 7) is 1.19. The molecule has 0 bridgehead atoms. The van der Waals surface area contributed by atoms with Gasteiger partial charge in [0.25, 0.3) is 11.3 Å². The summed E-state index contributed by atoms with van der Waals surface area (Å²) in [5.74, 6) is 3.04. The Morgan fingerprint density at radius 1 is 1.31 bits per heavy atom. The van der Waals surface area contributed by atoms with Gasteiger partial charge in [-0.25, -0.2) is 4.98 Å². The topological polar surface area (TPSA) is 75.1 Å². The number of aromatic amines is 1. The molecule has 0 radical (unpaired) electrons. The Bertz CT molecular complexity index is 1310. The summed E-state index contributed by atoms with van der Waals surface area (Å²) in [5.41, 5.74) is -0.104. The van der Waals surface area contributed by atoms with Crippen molar-refractivity contribution in [2.45, 2.75) is 38.0 Å². The fraction of sp³-hybridized carbons (Fsp3) is 0.261. The van der Waals surface area contributed by atoms with Gasteiger partial charge in [0.1, 0.15) is 0 Å². The second kappa shape index (κ2) is 8.13. The number of terminal acetylenes is 1. The fourth-order valence-corrected chi connectivity index (χ4v) is 3.42. The smallest absolute Gasteiger partial charge is 0.302 e. The van der Waals surface area contributed by atoms with Crippen molar-refractivity contribution in [3.63, 3.8) is 0 Å². The number of aromatic nitrogens is 4. The number of nitrogens with zero attached hydrogens (tertiary/aromatic N) is 3. The molecule has 1 aromatic carbocycles. The quantitative estimate of drug-likeness (QED) is 0.453. The number of fused-ring (bicyclic) bond motifs is 1. The lowest BCUT2D eigenvalue weighted by molar-refractivity contribution is -0.0913. The molecule has 9 heteroatoms. The van der Waals surface area contributed by atoms with Crippen molar-refractivity contribution >= 4 is 5.78 Å². The standard InChI is InChI=1S/C23H20F3N5O/c1-3-7-17(12-15(2)23(24,25)26)22(10-11-22)27-14-18-13-19(32)31-21(28-18)29-20(30-31)16-8-5-4-6-9-16/h1,4-9,12-13,27H,10-11,14H2,2H3,(H,28,29,30). The van der Waals surface area contributed by atoms with E-state index in [1.54, 1.807) is 0 Å². The first-order valence-corrected chi connectivity index (χ1v) is 9.93. The van der Waals surface area contributed by atoms with E-state index >= 15 is 0 Å². The summed E-state index contributed by atoms with van der Waals surface area (Å²) >= 11 is 0. The van der Waals surface area contributed by atoms with Gasteiger partial charge in [-0.15, -0.1) is 6.42 Å². The zero-order chi connectivity index (χ0) is 22.9. The van der Waals surface area contributed by atoms with Crippen molar-refractivity contribution in [1.82, 2.24) is 24.9 Å². The van der Waals surface area contributed by atoms with E-state index in [1.165, 1.54) is 16.7 Å². The molecule has 0 aliphatic heterocycles. The number of H-pyrrole nitrogens is 1. The molecule has 0 atom stereocenters. The van der Waals surface area contributed by atoms with Gasteiger partial charge in [-0.05, 0) is 37.5 Å². The predicted octanol–water partition coefficient (Wildman–Crippen LogP) is 3.78. The maximum absolute atomic E-state index is 13.0. The Labute approximate surface area is 181 Å². The van der Waals surface area contributed by atoms with Gasteiger partial charge >= 0.3 is 6.18 Å². The average molecular weight is 439 g/mol. The minimum atomic E-state index is -4.43. The first kappa shape index (κ1) is 21.6. The molecule has 0 unspecified atom stereocenters. The molecule has 4 rings (SSSR count). The zero-order valence-corrected chi connectivity index (χ0v) is 17.2. The van der Waals surface area contributed by atoms with Gasteiger partial charge in [-0.1, -0.05) is 36.3 Å². The van der Waals surface area contributed by atoms with E-state index < -0.39 is 17.3 Å². The highest BCUT2D eigenvalue weighted by Crippen LogP contribution is 2.44. The molecular formula is C23H20F3N5O. The number of allylic oxidation sites excluding steroid dienone is 2.